The Morgan fingerprint density at radius 3 is 2.43 bits per heavy atom. The molecule has 28 heavy (non-hydrogen) atoms. The van der Waals surface area contributed by atoms with Crippen molar-refractivity contribution < 1.29 is 31.1 Å². The van der Waals surface area contributed by atoms with E-state index in [4.69, 9.17) is 9.47 Å². The zero-order chi connectivity index (χ0) is 21.0. The summed E-state index contributed by atoms with van der Waals surface area (Å²) in [5.74, 6) is 0.678. The van der Waals surface area contributed by atoms with E-state index in [9.17, 15) is 21.6 Å². The zero-order valence-electron chi connectivity index (χ0n) is 16.4. The van der Waals surface area contributed by atoms with E-state index in [0.717, 1.165) is 6.42 Å². The van der Waals surface area contributed by atoms with E-state index in [1.807, 2.05) is 6.92 Å². The Labute approximate surface area is 164 Å². The average Bonchev–Trinajstić information content (AvgIpc) is 2.64. The van der Waals surface area contributed by atoms with Crippen molar-refractivity contribution in [1.29, 1.82) is 0 Å². The molecule has 1 saturated heterocycles. The van der Waals surface area contributed by atoms with Crippen LogP contribution in [-0.2, 0) is 19.5 Å². The first-order chi connectivity index (χ1) is 13.2. The van der Waals surface area contributed by atoms with Crippen LogP contribution in [0.25, 0.3) is 0 Å². The molecule has 0 saturated carbocycles. The second-order valence-electron chi connectivity index (χ2n) is 6.40. The van der Waals surface area contributed by atoms with Crippen molar-refractivity contribution >= 4 is 16.0 Å². The van der Waals surface area contributed by atoms with Crippen LogP contribution in [0, 0.1) is 5.92 Å². The molecule has 1 rings (SSSR count). The zero-order valence-corrected chi connectivity index (χ0v) is 17.2. The molecule has 1 aliphatic rings. The van der Waals surface area contributed by atoms with Crippen LogP contribution in [0.1, 0.15) is 26.2 Å². The van der Waals surface area contributed by atoms with Crippen molar-refractivity contribution in [1.82, 2.24) is 14.9 Å². The summed E-state index contributed by atoms with van der Waals surface area (Å²) in [6.45, 7) is 5.15. The monoisotopic (exact) mass is 432 g/mol. The maximum atomic E-state index is 12.6. The van der Waals surface area contributed by atoms with Gasteiger partial charge in [-0.05, 0) is 32.1 Å². The van der Waals surface area contributed by atoms with E-state index < -0.39 is 15.5 Å². The lowest BCUT2D eigenvalue weighted by Crippen LogP contribution is -2.45. The Morgan fingerprint density at radius 2 is 1.86 bits per heavy atom. The summed E-state index contributed by atoms with van der Waals surface area (Å²) in [4.78, 5) is 4.46. The predicted molar refractivity (Wildman–Crippen MR) is 101 cm³/mol. The summed E-state index contributed by atoms with van der Waals surface area (Å²) in [5.41, 5.74) is -5.24. The summed E-state index contributed by atoms with van der Waals surface area (Å²) >= 11 is 0. The molecule has 0 unspecified atom stereocenters. The lowest BCUT2D eigenvalue weighted by atomic mass is 9.98. The highest BCUT2D eigenvalue weighted by molar-refractivity contribution is 7.90. The number of aliphatic imine (C=N–C) groups is 1. The van der Waals surface area contributed by atoms with Crippen LogP contribution >= 0.6 is 0 Å². The van der Waals surface area contributed by atoms with Gasteiger partial charge < -0.3 is 20.1 Å². The van der Waals surface area contributed by atoms with Gasteiger partial charge in [0.05, 0.1) is 13.2 Å². The molecule has 1 fully saturated rings. The van der Waals surface area contributed by atoms with Crippen LogP contribution < -0.4 is 10.6 Å². The normalized spacial score (nSPS) is 17.7. The molecule has 0 atom stereocenters. The smallest absolute Gasteiger partial charge is 0.382 e. The number of ether oxygens (including phenoxy) is 2. The number of hydrogen-bond acceptors (Lipinski definition) is 5. The van der Waals surface area contributed by atoms with Gasteiger partial charge in [0.15, 0.2) is 5.96 Å². The number of nitrogens with zero attached hydrogens (tertiary/aromatic N) is 2. The van der Waals surface area contributed by atoms with Crippen LogP contribution in [0.2, 0.25) is 0 Å². The van der Waals surface area contributed by atoms with Gasteiger partial charge in [-0.15, -0.1) is 0 Å². The Bertz CT molecular complexity index is 565. The first kappa shape index (κ1) is 24.9. The number of sulfonamides is 1. The van der Waals surface area contributed by atoms with Gasteiger partial charge in [0.1, 0.15) is 0 Å². The highest BCUT2D eigenvalue weighted by Crippen LogP contribution is 2.30. The van der Waals surface area contributed by atoms with Gasteiger partial charge >= 0.3 is 15.5 Å². The maximum Gasteiger partial charge on any atom is 0.511 e. The fourth-order valence-electron chi connectivity index (χ4n) is 2.67. The fourth-order valence-corrected chi connectivity index (χ4v) is 3.65. The number of hydrogen-bond donors (Lipinski definition) is 2. The average molecular weight is 433 g/mol. The fraction of sp³-hybridized carbons (Fsp3) is 0.938. The largest absolute Gasteiger partial charge is 0.511 e. The van der Waals surface area contributed by atoms with Gasteiger partial charge in [-0.1, -0.05) is 0 Å². The van der Waals surface area contributed by atoms with Crippen molar-refractivity contribution in [3.63, 3.8) is 0 Å². The number of nitrogens with one attached hydrogen (secondary N) is 2. The molecule has 1 aliphatic heterocycles. The van der Waals surface area contributed by atoms with Crippen molar-refractivity contribution in [3.8, 4) is 0 Å². The molecular formula is C16H31F3N4O4S. The molecule has 1 heterocycles. The molecule has 0 spiro atoms. The standard InChI is InChI=1S/C16H31F3N4O4S/c1-3-20-15(21-7-4-10-27-12-11-26-2)22-13-14-5-8-23(9-6-14)28(24,25)16(17,18)19/h14H,3-13H2,1-2H3,(H2,20,21,22). The van der Waals surface area contributed by atoms with E-state index in [1.165, 1.54) is 0 Å². The Kier molecular flexibility index (Phi) is 11.1. The van der Waals surface area contributed by atoms with Gasteiger partial charge in [-0.2, -0.15) is 17.5 Å². The van der Waals surface area contributed by atoms with Gasteiger partial charge in [0, 0.05) is 46.4 Å². The molecule has 0 bridgehead atoms. The summed E-state index contributed by atoms with van der Waals surface area (Å²) in [7, 11) is -3.62. The van der Waals surface area contributed by atoms with E-state index >= 15 is 0 Å². The van der Waals surface area contributed by atoms with Crippen molar-refractivity contribution in [2.45, 2.75) is 31.7 Å². The molecule has 0 aliphatic carbocycles. The quantitative estimate of drug-likeness (QED) is 0.289. The van der Waals surface area contributed by atoms with Gasteiger partial charge in [-0.25, -0.2) is 8.42 Å². The SMILES string of the molecule is CCNC(=NCC1CCN(S(=O)(=O)C(F)(F)F)CC1)NCCCOCCOC. The molecule has 166 valence electrons. The predicted octanol–water partition coefficient (Wildman–Crippen LogP) is 1.16. The van der Waals surface area contributed by atoms with E-state index in [2.05, 4.69) is 15.6 Å². The highest BCUT2D eigenvalue weighted by Gasteiger charge is 2.50. The van der Waals surface area contributed by atoms with E-state index in [0.29, 0.717) is 62.6 Å². The summed E-state index contributed by atoms with van der Waals surface area (Å²) in [6.07, 6.45) is 1.50. The van der Waals surface area contributed by atoms with Crippen molar-refractivity contribution in [3.05, 3.63) is 0 Å². The third-order valence-corrected chi connectivity index (χ3v) is 5.88. The summed E-state index contributed by atoms with van der Waals surface area (Å²) in [5, 5.41) is 6.29. The molecule has 2 N–H and O–H groups in total. The minimum Gasteiger partial charge on any atom is -0.382 e. The number of rotatable bonds is 11. The minimum atomic E-state index is -5.24. The summed E-state index contributed by atoms with van der Waals surface area (Å²) < 4.78 is 71.5. The van der Waals surface area contributed by atoms with Crippen LogP contribution in [0.3, 0.4) is 0 Å². The molecular weight excluding hydrogens is 401 g/mol. The van der Waals surface area contributed by atoms with Crippen molar-refractivity contribution in [2.75, 3.05) is 59.7 Å². The molecule has 0 aromatic rings. The first-order valence-electron chi connectivity index (χ1n) is 9.37. The van der Waals surface area contributed by atoms with Gasteiger partial charge in [-0.3, -0.25) is 4.99 Å². The maximum absolute atomic E-state index is 12.6. The Hall–Kier alpha value is -1.11. The second-order valence-corrected chi connectivity index (χ2v) is 8.33. The number of guanidine groups is 1. The topological polar surface area (TPSA) is 92.3 Å². The lowest BCUT2D eigenvalue weighted by molar-refractivity contribution is -0.0496. The minimum absolute atomic E-state index is 0.0486. The van der Waals surface area contributed by atoms with Gasteiger partial charge in [0.25, 0.3) is 0 Å². The van der Waals surface area contributed by atoms with E-state index in [1.54, 1.807) is 7.11 Å². The van der Waals surface area contributed by atoms with Crippen LogP contribution in [0.15, 0.2) is 4.99 Å². The number of alkyl halides is 3. The van der Waals surface area contributed by atoms with Gasteiger partial charge in [0.2, 0.25) is 0 Å². The van der Waals surface area contributed by atoms with Crippen LogP contribution in [0.4, 0.5) is 13.2 Å². The number of piperidine rings is 1. The van der Waals surface area contributed by atoms with E-state index in [-0.39, 0.29) is 19.0 Å². The summed E-state index contributed by atoms with van der Waals surface area (Å²) in [6, 6.07) is 0. The molecule has 0 aromatic heterocycles. The molecule has 12 heteroatoms. The second kappa shape index (κ2) is 12.5. The lowest BCUT2D eigenvalue weighted by Gasteiger charge is -2.30. The molecule has 0 amide bonds. The van der Waals surface area contributed by atoms with Crippen molar-refractivity contribution in [2.24, 2.45) is 10.9 Å². The third-order valence-electron chi connectivity index (χ3n) is 4.25. The van der Waals surface area contributed by atoms with Crippen LogP contribution in [-0.4, -0.2) is 83.8 Å². The van der Waals surface area contributed by atoms with Crippen LogP contribution in [0.5, 0.6) is 0 Å². The number of methoxy groups -OCH3 is 1. The molecule has 0 aromatic carbocycles. The highest BCUT2D eigenvalue weighted by atomic mass is 32.2. The number of halogens is 3. The molecule has 8 nitrogen and oxygen atoms in total. The third kappa shape index (κ3) is 8.50. The Morgan fingerprint density at radius 1 is 1.18 bits per heavy atom. The first-order valence-corrected chi connectivity index (χ1v) is 10.8. The molecule has 0 radical (unpaired) electrons. The Balaban J connectivity index is 2.37.